The van der Waals surface area contributed by atoms with Gasteiger partial charge in [0, 0.05) is 30.7 Å². The first-order chi connectivity index (χ1) is 8.67. The number of rotatable bonds is 9. The molecule has 0 saturated carbocycles. The summed E-state index contributed by atoms with van der Waals surface area (Å²) >= 11 is 1.80. The Morgan fingerprint density at radius 2 is 2.06 bits per heavy atom. The van der Waals surface area contributed by atoms with Crippen LogP contribution in [-0.4, -0.2) is 50.2 Å². The number of aromatic nitrogens is 1. The quantitative estimate of drug-likeness (QED) is 0.744. The van der Waals surface area contributed by atoms with Crippen molar-refractivity contribution in [2.45, 2.75) is 26.8 Å². The van der Waals surface area contributed by atoms with Crippen LogP contribution in [-0.2, 0) is 6.54 Å². The van der Waals surface area contributed by atoms with Crippen LogP contribution in [0.25, 0.3) is 0 Å². The summed E-state index contributed by atoms with van der Waals surface area (Å²) in [5.41, 5.74) is 0. The predicted molar refractivity (Wildman–Crippen MR) is 80.6 cm³/mol. The highest BCUT2D eigenvalue weighted by Gasteiger charge is 2.09. The first-order valence-electron chi connectivity index (χ1n) is 6.72. The molecule has 0 saturated heterocycles. The zero-order chi connectivity index (χ0) is 13.4. The maximum absolute atomic E-state index is 4.53. The Morgan fingerprint density at radius 3 is 2.67 bits per heavy atom. The Balaban J connectivity index is 2.45. The maximum atomic E-state index is 4.53. The summed E-state index contributed by atoms with van der Waals surface area (Å²) in [5.74, 6) is 0. The largest absolute Gasteiger partial charge is 0.348 e. The first kappa shape index (κ1) is 15.4. The van der Waals surface area contributed by atoms with Gasteiger partial charge in [0.05, 0.1) is 0 Å². The van der Waals surface area contributed by atoms with E-state index in [0.717, 1.165) is 37.9 Å². The van der Waals surface area contributed by atoms with Crippen LogP contribution in [0.3, 0.4) is 0 Å². The van der Waals surface area contributed by atoms with Gasteiger partial charge in [-0.2, -0.15) is 0 Å². The molecule has 0 aliphatic heterocycles. The molecule has 0 fully saturated rings. The Bertz CT molecular complexity index is 325. The van der Waals surface area contributed by atoms with Gasteiger partial charge in [0.25, 0.3) is 0 Å². The van der Waals surface area contributed by atoms with Crippen molar-refractivity contribution in [1.82, 2.24) is 15.2 Å². The van der Waals surface area contributed by atoms with E-state index in [2.05, 4.69) is 48.0 Å². The van der Waals surface area contributed by atoms with E-state index in [-0.39, 0.29) is 0 Å². The highest BCUT2D eigenvalue weighted by Crippen LogP contribution is 2.22. The average molecular weight is 270 g/mol. The van der Waals surface area contributed by atoms with E-state index in [4.69, 9.17) is 0 Å². The van der Waals surface area contributed by atoms with Crippen LogP contribution >= 0.6 is 11.3 Å². The summed E-state index contributed by atoms with van der Waals surface area (Å²) in [6.45, 7) is 9.51. The van der Waals surface area contributed by atoms with Crippen LogP contribution in [0.2, 0.25) is 0 Å². The van der Waals surface area contributed by atoms with Crippen molar-refractivity contribution in [3.8, 4) is 0 Å². The van der Waals surface area contributed by atoms with Gasteiger partial charge >= 0.3 is 0 Å². The molecule has 1 N–H and O–H groups in total. The zero-order valence-corrected chi connectivity index (χ0v) is 12.9. The van der Waals surface area contributed by atoms with Gasteiger partial charge in [-0.3, -0.25) is 0 Å². The van der Waals surface area contributed by atoms with E-state index in [1.54, 1.807) is 11.3 Å². The zero-order valence-electron chi connectivity index (χ0n) is 12.1. The molecule has 5 heteroatoms. The van der Waals surface area contributed by atoms with Gasteiger partial charge in [-0.1, -0.05) is 6.92 Å². The lowest BCUT2D eigenvalue weighted by Crippen LogP contribution is -2.26. The van der Waals surface area contributed by atoms with E-state index in [0.29, 0.717) is 0 Å². The molecule has 0 atom stereocenters. The summed E-state index contributed by atoms with van der Waals surface area (Å²) in [4.78, 5) is 10.4. The minimum absolute atomic E-state index is 0.934. The van der Waals surface area contributed by atoms with Gasteiger partial charge in [0.15, 0.2) is 5.13 Å². The first-order valence-corrected chi connectivity index (χ1v) is 7.54. The minimum Gasteiger partial charge on any atom is -0.348 e. The Morgan fingerprint density at radius 1 is 1.28 bits per heavy atom. The van der Waals surface area contributed by atoms with Crippen molar-refractivity contribution in [3.05, 3.63) is 11.1 Å². The fraction of sp³-hybridized carbons (Fsp3) is 0.769. The van der Waals surface area contributed by atoms with Gasteiger partial charge in [0.2, 0.25) is 0 Å². The van der Waals surface area contributed by atoms with E-state index in [1.807, 2.05) is 6.20 Å². The number of hydrogen-bond acceptors (Lipinski definition) is 5. The van der Waals surface area contributed by atoms with Crippen molar-refractivity contribution >= 4 is 16.5 Å². The molecular weight excluding hydrogens is 244 g/mol. The molecular formula is C13H26N4S. The number of anilines is 1. The van der Waals surface area contributed by atoms with Crippen LogP contribution in [0.4, 0.5) is 5.13 Å². The smallest absolute Gasteiger partial charge is 0.185 e. The van der Waals surface area contributed by atoms with Crippen LogP contribution in [0.15, 0.2) is 6.20 Å². The molecule has 104 valence electrons. The molecule has 1 rings (SSSR count). The second kappa shape index (κ2) is 8.45. The highest BCUT2D eigenvalue weighted by molar-refractivity contribution is 7.15. The lowest BCUT2D eigenvalue weighted by molar-refractivity contribution is 0.400. The molecule has 4 nitrogen and oxygen atoms in total. The van der Waals surface area contributed by atoms with E-state index in [9.17, 15) is 0 Å². The molecule has 18 heavy (non-hydrogen) atoms. The maximum Gasteiger partial charge on any atom is 0.185 e. The standard InChI is InChI=1S/C13H26N4S/c1-5-14-10-12-11-15-13(18-12)17(6-2)9-7-8-16(3)4/h11,14H,5-10H2,1-4H3. The Kier molecular flexibility index (Phi) is 7.23. The molecule has 0 amide bonds. The summed E-state index contributed by atoms with van der Waals surface area (Å²) in [5, 5.41) is 4.49. The SMILES string of the molecule is CCNCc1cnc(N(CC)CCCN(C)C)s1. The molecule has 1 aromatic heterocycles. The van der Waals surface area contributed by atoms with Crippen molar-refractivity contribution in [2.75, 3.05) is 45.2 Å². The van der Waals surface area contributed by atoms with E-state index in [1.165, 1.54) is 11.3 Å². The third-order valence-electron chi connectivity index (χ3n) is 2.78. The molecule has 0 spiro atoms. The number of thiazole rings is 1. The van der Waals surface area contributed by atoms with Crippen LogP contribution < -0.4 is 10.2 Å². The fourth-order valence-corrected chi connectivity index (χ4v) is 2.71. The van der Waals surface area contributed by atoms with Gasteiger partial charge in [-0.25, -0.2) is 4.98 Å². The summed E-state index contributed by atoms with van der Waals surface area (Å²) < 4.78 is 0. The topological polar surface area (TPSA) is 31.4 Å². The third kappa shape index (κ3) is 5.33. The fourth-order valence-electron chi connectivity index (χ4n) is 1.74. The van der Waals surface area contributed by atoms with Gasteiger partial charge in [-0.05, 0) is 40.5 Å². The summed E-state index contributed by atoms with van der Waals surface area (Å²) in [6.07, 6.45) is 3.18. The normalized spacial score (nSPS) is 11.2. The number of hydrogen-bond donors (Lipinski definition) is 1. The van der Waals surface area contributed by atoms with Crippen molar-refractivity contribution in [1.29, 1.82) is 0 Å². The van der Waals surface area contributed by atoms with E-state index >= 15 is 0 Å². The van der Waals surface area contributed by atoms with Crippen molar-refractivity contribution < 1.29 is 0 Å². The van der Waals surface area contributed by atoms with E-state index < -0.39 is 0 Å². The lowest BCUT2D eigenvalue weighted by atomic mass is 10.4. The predicted octanol–water partition coefficient (Wildman–Crippen LogP) is 2.03. The van der Waals surface area contributed by atoms with Gasteiger partial charge < -0.3 is 15.1 Å². The molecule has 0 aliphatic rings. The number of nitrogens with one attached hydrogen (secondary N) is 1. The Labute approximate surface area is 115 Å². The molecule has 0 aliphatic carbocycles. The van der Waals surface area contributed by atoms with Crippen LogP contribution in [0, 0.1) is 0 Å². The highest BCUT2D eigenvalue weighted by atomic mass is 32.1. The lowest BCUT2D eigenvalue weighted by Gasteiger charge is -2.20. The van der Waals surface area contributed by atoms with Crippen molar-refractivity contribution in [3.63, 3.8) is 0 Å². The third-order valence-corrected chi connectivity index (χ3v) is 3.83. The molecule has 0 aromatic carbocycles. The monoisotopic (exact) mass is 270 g/mol. The van der Waals surface area contributed by atoms with Gasteiger partial charge in [-0.15, -0.1) is 11.3 Å². The molecule has 0 unspecified atom stereocenters. The Hall–Kier alpha value is -0.650. The second-order valence-electron chi connectivity index (χ2n) is 4.63. The van der Waals surface area contributed by atoms with Crippen LogP contribution in [0.1, 0.15) is 25.1 Å². The van der Waals surface area contributed by atoms with Gasteiger partial charge in [0.1, 0.15) is 0 Å². The average Bonchev–Trinajstić information content (AvgIpc) is 2.80. The summed E-state index contributed by atoms with van der Waals surface area (Å²) in [7, 11) is 4.24. The molecule has 1 aromatic rings. The number of nitrogens with zero attached hydrogens (tertiary/aromatic N) is 3. The molecule has 0 bridgehead atoms. The van der Waals surface area contributed by atoms with Crippen molar-refractivity contribution in [2.24, 2.45) is 0 Å². The molecule has 1 heterocycles. The second-order valence-corrected chi connectivity index (χ2v) is 5.72. The minimum atomic E-state index is 0.934. The molecule has 0 radical (unpaired) electrons. The van der Waals surface area contributed by atoms with Crippen LogP contribution in [0.5, 0.6) is 0 Å². The summed E-state index contributed by atoms with van der Waals surface area (Å²) in [6, 6.07) is 0.